The molecule has 0 radical (unpaired) electrons. The minimum atomic E-state index is 0.0498. The monoisotopic (exact) mass is 225 g/mol. The average molecular weight is 225 g/mol. The lowest BCUT2D eigenvalue weighted by molar-refractivity contribution is -0.121. The second kappa shape index (κ2) is 7.81. The van der Waals surface area contributed by atoms with Crippen molar-refractivity contribution < 1.29 is 4.79 Å². The van der Waals surface area contributed by atoms with Crippen molar-refractivity contribution in [2.24, 2.45) is 0 Å². The number of aromatic nitrogens is 3. The van der Waals surface area contributed by atoms with Gasteiger partial charge in [0.25, 0.3) is 0 Å². The highest BCUT2D eigenvalue weighted by Crippen LogP contribution is 1.86. The van der Waals surface area contributed by atoms with Crippen LogP contribution in [0.15, 0.2) is 12.7 Å². The van der Waals surface area contributed by atoms with E-state index in [2.05, 4.69) is 27.6 Å². The first-order chi connectivity index (χ1) is 7.83. The molecule has 1 aromatic rings. The average Bonchev–Trinajstić information content (AvgIpc) is 2.79. The lowest BCUT2D eigenvalue weighted by Gasteiger charge is -2.05. The van der Waals surface area contributed by atoms with Crippen LogP contribution in [0.25, 0.3) is 0 Å². The molecule has 6 nitrogen and oxygen atoms in total. The van der Waals surface area contributed by atoms with Crippen LogP contribution in [-0.4, -0.2) is 40.3 Å². The molecular formula is C10H19N5O. The van der Waals surface area contributed by atoms with Crippen LogP contribution in [0, 0.1) is 0 Å². The maximum Gasteiger partial charge on any atom is 0.221 e. The number of aryl methyl sites for hydroxylation is 1. The summed E-state index contributed by atoms with van der Waals surface area (Å²) in [6.45, 7) is 5.19. The number of nitrogens with one attached hydrogen (secondary N) is 2. The van der Waals surface area contributed by atoms with Crippen LogP contribution in [0.3, 0.4) is 0 Å². The van der Waals surface area contributed by atoms with Crippen molar-refractivity contribution in [1.29, 1.82) is 0 Å². The van der Waals surface area contributed by atoms with Crippen LogP contribution < -0.4 is 10.6 Å². The minimum absolute atomic E-state index is 0.0498. The Labute approximate surface area is 95.4 Å². The van der Waals surface area contributed by atoms with E-state index in [0.29, 0.717) is 19.5 Å². The third-order valence-electron chi connectivity index (χ3n) is 2.09. The quantitative estimate of drug-likeness (QED) is 0.600. The van der Waals surface area contributed by atoms with E-state index in [1.165, 1.54) is 6.33 Å². The molecule has 0 aromatic carbocycles. The van der Waals surface area contributed by atoms with Crippen LogP contribution in [0.5, 0.6) is 0 Å². The highest BCUT2D eigenvalue weighted by atomic mass is 16.1. The van der Waals surface area contributed by atoms with Gasteiger partial charge in [-0.15, -0.1) is 0 Å². The second-order valence-electron chi connectivity index (χ2n) is 3.51. The Hall–Kier alpha value is -1.43. The van der Waals surface area contributed by atoms with Gasteiger partial charge in [0.1, 0.15) is 12.7 Å². The zero-order valence-corrected chi connectivity index (χ0v) is 9.65. The molecule has 0 bridgehead atoms. The van der Waals surface area contributed by atoms with Gasteiger partial charge in [0.15, 0.2) is 0 Å². The third-order valence-corrected chi connectivity index (χ3v) is 2.09. The van der Waals surface area contributed by atoms with Gasteiger partial charge in [-0.1, -0.05) is 6.92 Å². The molecule has 0 aliphatic heterocycles. The molecule has 0 saturated heterocycles. The van der Waals surface area contributed by atoms with Crippen molar-refractivity contribution in [3.63, 3.8) is 0 Å². The lowest BCUT2D eigenvalue weighted by atomic mass is 10.4. The van der Waals surface area contributed by atoms with E-state index < -0.39 is 0 Å². The summed E-state index contributed by atoms with van der Waals surface area (Å²) in [6.07, 6.45) is 4.63. The number of nitrogens with zero attached hydrogens (tertiary/aromatic N) is 3. The summed E-state index contributed by atoms with van der Waals surface area (Å²) in [6, 6.07) is 0. The molecule has 0 atom stereocenters. The van der Waals surface area contributed by atoms with E-state index in [0.717, 1.165) is 19.5 Å². The van der Waals surface area contributed by atoms with Gasteiger partial charge in [-0.25, -0.2) is 4.98 Å². The summed E-state index contributed by atoms with van der Waals surface area (Å²) < 4.78 is 1.65. The standard InChI is InChI=1S/C10H19N5O/c1-2-4-11-5-6-13-10(16)3-7-15-9-12-8-14-15/h8-9,11H,2-7H2,1H3,(H,13,16). The van der Waals surface area contributed by atoms with Gasteiger partial charge in [0, 0.05) is 19.5 Å². The first-order valence-electron chi connectivity index (χ1n) is 5.62. The molecule has 1 amide bonds. The summed E-state index contributed by atoms with van der Waals surface area (Å²) in [4.78, 5) is 15.2. The molecule has 6 heteroatoms. The predicted molar refractivity (Wildman–Crippen MR) is 60.8 cm³/mol. The molecule has 1 heterocycles. The van der Waals surface area contributed by atoms with Gasteiger partial charge >= 0.3 is 0 Å². The zero-order valence-electron chi connectivity index (χ0n) is 9.65. The van der Waals surface area contributed by atoms with Crippen LogP contribution in [0.1, 0.15) is 19.8 Å². The normalized spacial score (nSPS) is 10.3. The number of carbonyl (C=O) groups is 1. The maximum atomic E-state index is 11.4. The van der Waals surface area contributed by atoms with E-state index in [1.54, 1.807) is 11.0 Å². The maximum absolute atomic E-state index is 11.4. The van der Waals surface area contributed by atoms with Crippen molar-refractivity contribution in [2.75, 3.05) is 19.6 Å². The van der Waals surface area contributed by atoms with E-state index in [4.69, 9.17) is 0 Å². The zero-order chi connectivity index (χ0) is 11.6. The fourth-order valence-electron chi connectivity index (χ4n) is 1.24. The van der Waals surface area contributed by atoms with Crippen molar-refractivity contribution in [3.05, 3.63) is 12.7 Å². The molecule has 0 aliphatic rings. The van der Waals surface area contributed by atoms with Gasteiger partial charge in [0.05, 0.1) is 6.54 Å². The van der Waals surface area contributed by atoms with Crippen LogP contribution in [0.4, 0.5) is 0 Å². The molecule has 1 rings (SSSR count). The van der Waals surface area contributed by atoms with E-state index in [9.17, 15) is 4.79 Å². The fraction of sp³-hybridized carbons (Fsp3) is 0.700. The number of hydrogen-bond acceptors (Lipinski definition) is 4. The molecule has 0 saturated carbocycles. The molecule has 2 N–H and O–H groups in total. The Kier molecular flexibility index (Phi) is 6.17. The highest BCUT2D eigenvalue weighted by Gasteiger charge is 2.00. The Bertz CT molecular complexity index is 285. The molecule has 0 aliphatic carbocycles. The fourth-order valence-corrected chi connectivity index (χ4v) is 1.24. The third kappa shape index (κ3) is 5.45. The van der Waals surface area contributed by atoms with Gasteiger partial charge in [0.2, 0.25) is 5.91 Å². The second-order valence-corrected chi connectivity index (χ2v) is 3.51. The highest BCUT2D eigenvalue weighted by molar-refractivity contribution is 5.75. The topological polar surface area (TPSA) is 71.8 Å². The predicted octanol–water partition coefficient (Wildman–Crippen LogP) is -0.216. The lowest BCUT2D eigenvalue weighted by Crippen LogP contribution is -2.32. The van der Waals surface area contributed by atoms with Gasteiger partial charge in [-0.05, 0) is 13.0 Å². The molecule has 0 fully saturated rings. The van der Waals surface area contributed by atoms with Crippen LogP contribution in [0.2, 0.25) is 0 Å². The molecule has 0 spiro atoms. The number of rotatable bonds is 8. The summed E-state index contributed by atoms with van der Waals surface area (Å²) in [5.41, 5.74) is 0. The van der Waals surface area contributed by atoms with Crippen molar-refractivity contribution in [3.8, 4) is 0 Å². The first-order valence-corrected chi connectivity index (χ1v) is 5.62. The Balaban J connectivity index is 1.99. The van der Waals surface area contributed by atoms with Gasteiger partial charge in [-0.2, -0.15) is 5.10 Å². The Morgan fingerprint density at radius 1 is 1.38 bits per heavy atom. The van der Waals surface area contributed by atoms with Crippen molar-refractivity contribution in [1.82, 2.24) is 25.4 Å². The van der Waals surface area contributed by atoms with Crippen LogP contribution >= 0.6 is 0 Å². The summed E-state index contributed by atoms with van der Waals surface area (Å²) in [7, 11) is 0. The number of hydrogen-bond donors (Lipinski definition) is 2. The Morgan fingerprint density at radius 2 is 2.25 bits per heavy atom. The van der Waals surface area contributed by atoms with E-state index >= 15 is 0 Å². The SMILES string of the molecule is CCCNCCNC(=O)CCn1cncn1. The molecule has 90 valence electrons. The Morgan fingerprint density at radius 3 is 2.94 bits per heavy atom. The summed E-state index contributed by atoms with van der Waals surface area (Å²) >= 11 is 0. The molecule has 0 unspecified atom stereocenters. The van der Waals surface area contributed by atoms with Gasteiger partial charge < -0.3 is 10.6 Å². The smallest absolute Gasteiger partial charge is 0.221 e. The molecular weight excluding hydrogens is 206 g/mol. The molecule has 1 aromatic heterocycles. The molecule has 16 heavy (non-hydrogen) atoms. The van der Waals surface area contributed by atoms with Crippen molar-refractivity contribution >= 4 is 5.91 Å². The number of amides is 1. The minimum Gasteiger partial charge on any atom is -0.355 e. The summed E-state index contributed by atoms with van der Waals surface area (Å²) in [5.74, 6) is 0.0498. The van der Waals surface area contributed by atoms with Crippen LogP contribution in [-0.2, 0) is 11.3 Å². The largest absolute Gasteiger partial charge is 0.355 e. The first kappa shape index (κ1) is 12.6. The van der Waals surface area contributed by atoms with E-state index in [1.807, 2.05) is 0 Å². The van der Waals surface area contributed by atoms with E-state index in [-0.39, 0.29) is 5.91 Å². The van der Waals surface area contributed by atoms with Gasteiger partial charge in [-0.3, -0.25) is 9.48 Å². The van der Waals surface area contributed by atoms with Crippen molar-refractivity contribution in [2.45, 2.75) is 26.3 Å². The summed E-state index contributed by atoms with van der Waals surface area (Å²) in [5, 5.41) is 9.98. The number of carbonyl (C=O) groups excluding carboxylic acids is 1.